The summed E-state index contributed by atoms with van der Waals surface area (Å²) < 4.78 is 11.5. The Balaban J connectivity index is 1.69. The molecule has 1 aliphatic rings. The highest BCUT2D eigenvalue weighted by Gasteiger charge is 2.41. The average molecular weight is 582 g/mol. The van der Waals surface area contributed by atoms with E-state index in [1.807, 2.05) is 0 Å². The van der Waals surface area contributed by atoms with Crippen molar-refractivity contribution in [2.24, 2.45) is 0 Å². The van der Waals surface area contributed by atoms with Gasteiger partial charge < -0.3 is 9.47 Å². The molecule has 1 fully saturated rings. The molecule has 1 aliphatic heterocycles. The molecule has 3 rings (SSSR count). The van der Waals surface area contributed by atoms with Gasteiger partial charge in [-0.15, -0.1) is 0 Å². The molecular weight excluding hydrogens is 563 g/mol. The number of halogens is 1. The maximum Gasteiger partial charge on any atom is 0.329 e. The largest absolute Gasteiger partial charge is 0.488 e. The number of non-ortho nitro benzene ring substituents is 1. The molecule has 0 aliphatic carbocycles. The lowest BCUT2D eigenvalue weighted by atomic mass is 10.2. The van der Waals surface area contributed by atoms with Crippen molar-refractivity contribution >= 4 is 63.2 Å². The minimum Gasteiger partial charge on any atom is -0.488 e. The van der Waals surface area contributed by atoms with Gasteiger partial charge in [0.1, 0.15) is 18.4 Å². The van der Waals surface area contributed by atoms with Crippen LogP contribution in [0.4, 0.5) is 10.5 Å². The lowest BCUT2D eigenvalue weighted by molar-refractivity contribution is -0.384. The van der Waals surface area contributed by atoms with Crippen molar-refractivity contribution in [1.82, 2.24) is 4.90 Å². The SMILES string of the molecule is CCOC(=O)[C@@H](C)N1C(=O)S/C(=C/c2ccc(OCc3ccc([N+](=O)[O-])cc3)c(I)c2)C1=O. The predicted octanol–water partition coefficient (Wildman–Crippen LogP) is 4.77. The summed E-state index contributed by atoms with van der Waals surface area (Å²) in [5.41, 5.74) is 1.49. The van der Waals surface area contributed by atoms with E-state index in [1.165, 1.54) is 19.1 Å². The van der Waals surface area contributed by atoms with E-state index in [2.05, 4.69) is 22.6 Å². The number of hydrogen-bond donors (Lipinski definition) is 0. The second kappa shape index (κ2) is 10.8. The van der Waals surface area contributed by atoms with E-state index < -0.39 is 28.1 Å². The molecule has 1 heterocycles. The van der Waals surface area contributed by atoms with Crippen LogP contribution in [0.2, 0.25) is 0 Å². The molecular formula is C22H19IN2O7S. The number of thioether (sulfide) groups is 1. The van der Waals surface area contributed by atoms with Gasteiger partial charge in [0.15, 0.2) is 0 Å². The van der Waals surface area contributed by atoms with E-state index in [9.17, 15) is 24.5 Å². The topological polar surface area (TPSA) is 116 Å². The third kappa shape index (κ3) is 5.90. The van der Waals surface area contributed by atoms with Gasteiger partial charge in [-0.2, -0.15) is 0 Å². The van der Waals surface area contributed by atoms with Crippen LogP contribution in [0.3, 0.4) is 0 Å². The van der Waals surface area contributed by atoms with E-state index in [4.69, 9.17) is 9.47 Å². The number of rotatable bonds is 8. The molecule has 2 amide bonds. The molecule has 0 spiro atoms. The molecule has 2 aromatic rings. The van der Waals surface area contributed by atoms with Gasteiger partial charge in [-0.05, 0) is 89.7 Å². The van der Waals surface area contributed by atoms with E-state index in [0.29, 0.717) is 11.3 Å². The van der Waals surface area contributed by atoms with Gasteiger partial charge in [0, 0.05) is 12.1 Å². The van der Waals surface area contributed by atoms with E-state index in [0.717, 1.165) is 25.8 Å². The van der Waals surface area contributed by atoms with Crippen LogP contribution >= 0.6 is 34.4 Å². The summed E-state index contributed by atoms with van der Waals surface area (Å²) >= 11 is 2.87. The highest BCUT2D eigenvalue weighted by Crippen LogP contribution is 2.34. The second-order valence-corrected chi connectivity index (χ2v) is 9.04. The Labute approximate surface area is 207 Å². The fourth-order valence-corrected chi connectivity index (χ4v) is 4.54. The van der Waals surface area contributed by atoms with E-state index in [-0.39, 0.29) is 23.8 Å². The van der Waals surface area contributed by atoms with Crippen molar-refractivity contribution in [3.63, 3.8) is 0 Å². The molecule has 0 N–H and O–H groups in total. The second-order valence-electron chi connectivity index (χ2n) is 6.88. The van der Waals surface area contributed by atoms with Crippen LogP contribution < -0.4 is 4.74 Å². The summed E-state index contributed by atoms with van der Waals surface area (Å²) in [7, 11) is 0. The van der Waals surface area contributed by atoms with E-state index >= 15 is 0 Å². The Hall–Kier alpha value is -2.93. The Morgan fingerprint density at radius 2 is 1.94 bits per heavy atom. The molecule has 11 heteroatoms. The monoisotopic (exact) mass is 582 g/mol. The Kier molecular flexibility index (Phi) is 8.08. The normalized spacial score (nSPS) is 15.6. The third-order valence-electron chi connectivity index (χ3n) is 4.63. The Morgan fingerprint density at radius 3 is 2.55 bits per heavy atom. The van der Waals surface area contributed by atoms with Crippen molar-refractivity contribution < 1.29 is 28.8 Å². The van der Waals surface area contributed by atoms with Gasteiger partial charge in [-0.3, -0.25) is 24.6 Å². The van der Waals surface area contributed by atoms with Crippen molar-refractivity contribution in [3.05, 3.63) is 72.2 Å². The maximum atomic E-state index is 12.7. The zero-order valence-electron chi connectivity index (χ0n) is 17.6. The summed E-state index contributed by atoms with van der Waals surface area (Å²) in [5.74, 6) is -0.570. The van der Waals surface area contributed by atoms with Crippen LogP contribution in [-0.4, -0.2) is 39.6 Å². The van der Waals surface area contributed by atoms with Crippen LogP contribution in [0.5, 0.6) is 5.75 Å². The molecule has 1 atom stereocenters. The fourth-order valence-electron chi connectivity index (χ4n) is 2.93. The Bertz CT molecular complexity index is 1130. The Morgan fingerprint density at radius 1 is 1.24 bits per heavy atom. The molecule has 172 valence electrons. The lowest BCUT2D eigenvalue weighted by Gasteiger charge is -2.19. The number of benzene rings is 2. The molecule has 0 saturated carbocycles. The average Bonchev–Trinajstić information content (AvgIpc) is 3.05. The number of nitrogens with zero attached hydrogens (tertiary/aromatic N) is 2. The minimum atomic E-state index is -1.00. The lowest BCUT2D eigenvalue weighted by Crippen LogP contribution is -2.42. The smallest absolute Gasteiger partial charge is 0.329 e. The van der Waals surface area contributed by atoms with Crippen molar-refractivity contribution in [2.45, 2.75) is 26.5 Å². The summed E-state index contributed by atoms with van der Waals surface area (Å²) in [4.78, 5) is 48.3. The molecule has 0 unspecified atom stereocenters. The number of carbonyl (C=O) groups excluding carboxylic acids is 3. The first-order chi connectivity index (χ1) is 15.7. The molecule has 0 bridgehead atoms. The number of carbonyl (C=O) groups is 3. The highest BCUT2D eigenvalue weighted by atomic mass is 127. The molecule has 9 nitrogen and oxygen atoms in total. The van der Waals surface area contributed by atoms with Gasteiger partial charge in [0.25, 0.3) is 16.8 Å². The van der Waals surface area contributed by atoms with Gasteiger partial charge in [-0.25, -0.2) is 4.79 Å². The van der Waals surface area contributed by atoms with Crippen LogP contribution in [0, 0.1) is 13.7 Å². The van der Waals surface area contributed by atoms with Crippen LogP contribution in [0.15, 0.2) is 47.4 Å². The number of esters is 1. The number of nitro groups is 1. The van der Waals surface area contributed by atoms with Crippen molar-refractivity contribution in [2.75, 3.05) is 6.61 Å². The molecule has 33 heavy (non-hydrogen) atoms. The van der Waals surface area contributed by atoms with Gasteiger partial charge >= 0.3 is 5.97 Å². The summed E-state index contributed by atoms with van der Waals surface area (Å²) in [6.07, 6.45) is 1.59. The highest BCUT2D eigenvalue weighted by molar-refractivity contribution is 14.1. The summed E-state index contributed by atoms with van der Waals surface area (Å²) in [5, 5.41) is 10.2. The van der Waals surface area contributed by atoms with Crippen molar-refractivity contribution in [3.8, 4) is 5.75 Å². The molecule has 0 radical (unpaired) electrons. The first kappa shape index (κ1) is 24.7. The van der Waals surface area contributed by atoms with Gasteiger partial charge in [0.05, 0.1) is 20.0 Å². The predicted molar refractivity (Wildman–Crippen MR) is 130 cm³/mol. The summed E-state index contributed by atoms with van der Waals surface area (Å²) in [6, 6.07) is 10.4. The number of hydrogen-bond acceptors (Lipinski definition) is 8. The standard InChI is InChI=1S/C22H19IN2O7S/c1-3-31-21(27)13(2)24-20(26)19(33-22(24)28)11-15-6-9-18(17(23)10-15)32-12-14-4-7-16(8-5-14)25(29)30/h4-11,13H,3,12H2,1-2H3/b19-11+/t13-/m1/s1. The summed E-state index contributed by atoms with van der Waals surface area (Å²) in [6.45, 7) is 3.50. The zero-order chi connectivity index (χ0) is 24.1. The number of nitro benzene ring substituents is 1. The minimum absolute atomic E-state index is 0.0127. The van der Waals surface area contributed by atoms with Crippen LogP contribution in [0.25, 0.3) is 6.08 Å². The van der Waals surface area contributed by atoms with E-state index in [1.54, 1.807) is 43.3 Å². The van der Waals surface area contributed by atoms with Gasteiger partial charge in [0.2, 0.25) is 0 Å². The van der Waals surface area contributed by atoms with Crippen molar-refractivity contribution in [1.29, 1.82) is 0 Å². The maximum absolute atomic E-state index is 12.7. The van der Waals surface area contributed by atoms with Crippen LogP contribution in [-0.2, 0) is 20.9 Å². The fraction of sp³-hybridized carbons (Fsp3) is 0.227. The first-order valence-electron chi connectivity index (χ1n) is 9.80. The number of ether oxygens (including phenoxy) is 2. The third-order valence-corrected chi connectivity index (χ3v) is 6.36. The molecule has 1 saturated heterocycles. The van der Waals surface area contributed by atoms with Crippen LogP contribution in [0.1, 0.15) is 25.0 Å². The molecule has 2 aromatic carbocycles. The first-order valence-corrected chi connectivity index (χ1v) is 11.7. The van der Waals surface area contributed by atoms with Gasteiger partial charge in [-0.1, -0.05) is 6.07 Å². The number of amides is 2. The quantitative estimate of drug-likeness (QED) is 0.144. The zero-order valence-corrected chi connectivity index (χ0v) is 20.6. The number of imide groups is 1. The molecule has 0 aromatic heterocycles.